The van der Waals surface area contributed by atoms with E-state index in [2.05, 4.69) is 69.3 Å². The van der Waals surface area contributed by atoms with Crippen molar-refractivity contribution in [3.63, 3.8) is 0 Å². The number of aryl methyl sites for hydroxylation is 1. The molecule has 9 aromatic rings. The highest BCUT2D eigenvalue weighted by molar-refractivity contribution is 8.00. The fourth-order valence-corrected chi connectivity index (χ4v) is 9.64. The van der Waals surface area contributed by atoms with Gasteiger partial charge in [-0.2, -0.15) is 0 Å². The van der Waals surface area contributed by atoms with E-state index < -0.39 is 0 Å². The van der Waals surface area contributed by atoms with Gasteiger partial charge in [0.05, 0.1) is 6.61 Å². The molecule has 12 heteroatoms. The minimum absolute atomic E-state index is 0.0140. The molecule has 3 heterocycles. The Morgan fingerprint density at radius 2 is 0.850 bits per heavy atom. The number of fused-ring (bicyclic) bond motifs is 3. The number of rotatable bonds is 10. The summed E-state index contributed by atoms with van der Waals surface area (Å²) in [5.74, 6) is -0.673. The summed E-state index contributed by atoms with van der Waals surface area (Å²) in [5, 5.41) is 15.6. The Morgan fingerprint density at radius 1 is 0.500 bits per heavy atom. The third-order valence-corrected chi connectivity index (χ3v) is 12.8. The number of hydrogen-bond donors (Lipinski definition) is 6. The van der Waals surface area contributed by atoms with Crippen molar-refractivity contribution in [2.24, 2.45) is 5.73 Å². The Hall–Kier alpha value is -5.34. The Bertz CT molecular complexity index is 2660. The number of aromatic amines is 3. The van der Waals surface area contributed by atoms with Gasteiger partial charge >= 0.3 is 0 Å². The lowest BCUT2D eigenvalue weighted by molar-refractivity contribution is 0.279. The van der Waals surface area contributed by atoms with Gasteiger partial charge in [0, 0.05) is 87.2 Å². The van der Waals surface area contributed by atoms with Crippen LogP contribution in [0, 0.1) is 17.5 Å². The van der Waals surface area contributed by atoms with E-state index in [4.69, 9.17) is 0 Å². The lowest BCUT2D eigenvalue weighted by Crippen LogP contribution is -2.05. The molecule has 0 aliphatic rings. The Kier molecular flexibility index (Phi) is 16.0. The largest absolute Gasteiger partial charge is 0.392 e. The molecule has 6 nitrogen and oxygen atoms in total. The first kappa shape index (κ1) is 44.2. The first-order valence-electron chi connectivity index (χ1n) is 19.2. The van der Waals surface area contributed by atoms with Gasteiger partial charge in [-0.1, -0.05) is 96.8 Å². The SMILES string of the molecule is CCc1ccccc1Sc1c[nH]c2cc(F)ccc12.CN.CNCc1ccccc1Sc1c[nH]c2cc(F)ccc12.OCc1ccccc1Sc1c[nH]c2cc(F)ccc12. The van der Waals surface area contributed by atoms with Crippen molar-refractivity contribution in [1.29, 1.82) is 0 Å². The van der Waals surface area contributed by atoms with Gasteiger partial charge in [-0.15, -0.1) is 0 Å². The van der Waals surface area contributed by atoms with Gasteiger partial charge in [0.25, 0.3) is 0 Å². The van der Waals surface area contributed by atoms with Crippen LogP contribution in [0.5, 0.6) is 0 Å². The molecular formula is C48H46F3N5OS3. The molecular weight excluding hydrogens is 816 g/mol. The van der Waals surface area contributed by atoms with E-state index >= 15 is 0 Å². The van der Waals surface area contributed by atoms with E-state index in [-0.39, 0.29) is 24.1 Å². The van der Waals surface area contributed by atoms with Crippen molar-refractivity contribution >= 4 is 68.0 Å². The summed E-state index contributed by atoms with van der Waals surface area (Å²) in [6, 6.07) is 38.8. The summed E-state index contributed by atoms with van der Waals surface area (Å²) in [6.07, 6.45) is 6.76. The summed E-state index contributed by atoms with van der Waals surface area (Å²) in [6.45, 7) is 3.00. The first-order chi connectivity index (χ1) is 29.3. The minimum Gasteiger partial charge on any atom is -0.392 e. The van der Waals surface area contributed by atoms with Crippen LogP contribution in [0.25, 0.3) is 32.7 Å². The molecule has 0 aliphatic heterocycles. The zero-order chi connectivity index (χ0) is 42.4. The van der Waals surface area contributed by atoms with Crippen molar-refractivity contribution in [2.75, 3.05) is 14.1 Å². The van der Waals surface area contributed by atoms with Crippen LogP contribution in [0.3, 0.4) is 0 Å². The molecule has 0 radical (unpaired) electrons. The molecule has 6 aromatic carbocycles. The molecule has 7 N–H and O–H groups in total. The highest BCUT2D eigenvalue weighted by Crippen LogP contribution is 2.38. The molecule has 0 amide bonds. The second-order valence-corrected chi connectivity index (χ2v) is 16.5. The lowest BCUT2D eigenvalue weighted by Gasteiger charge is -2.07. The van der Waals surface area contributed by atoms with Gasteiger partial charge in [0.1, 0.15) is 17.5 Å². The standard InChI is InChI=1S/C16H15FN2S.C16H14FNS.C15H12FNOS.CH5N/c1-18-9-11-4-2-3-5-15(11)20-16-10-19-14-8-12(17)6-7-13(14)16;1-2-11-5-3-4-6-15(11)19-16-10-18-14-9-12(17)7-8-13(14)16;16-11-5-6-12-13(7-11)17-8-15(12)19-14-4-2-1-3-10(14)9-18;1-2/h2-8,10,18-19H,9H2,1H3;3-10,18H,2H2,1H3;1-8,17-18H,9H2;2H2,1H3. The van der Waals surface area contributed by atoms with Crippen LogP contribution >= 0.6 is 35.3 Å². The zero-order valence-corrected chi connectivity index (χ0v) is 35.8. The number of nitrogens with two attached hydrogens (primary N) is 1. The van der Waals surface area contributed by atoms with Crippen molar-refractivity contribution in [1.82, 2.24) is 20.3 Å². The number of halogens is 3. The predicted molar refractivity (Wildman–Crippen MR) is 245 cm³/mol. The van der Waals surface area contributed by atoms with Crippen LogP contribution in [-0.4, -0.2) is 34.2 Å². The second-order valence-electron chi connectivity index (χ2n) is 13.2. The number of aliphatic hydroxyl groups excluding tert-OH is 1. The molecule has 0 atom stereocenters. The van der Waals surface area contributed by atoms with E-state index in [0.29, 0.717) is 0 Å². The monoisotopic (exact) mass is 861 g/mol. The topological polar surface area (TPSA) is 106 Å². The van der Waals surface area contributed by atoms with Crippen LogP contribution in [0.2, 0.25) is 0 Å². The lowest BCUT2D eigenvalue weighted by atomic mass is 10.2. The summed E-state index contributed by atoms with van der Waals surface area (Å²) >= 11 is 5.00. The number of aliphatic hydroxyl groups is 1. The quantitative estimate of drug-likeness (QED) is 0.0818. The highest BCUT2D eigenvalue weighted by Gasteiger charge is 2.11. The molecule has 60 heavy (non-hydrogen) atoms. The van der Waals surface area contributed by atoms with Crippen LogP contribution in [0.15, 0.2) is 175 Å². The number of nitrogens with one attached hydrogen (secondary N) is 4. The number of H-pyrrole nitrogens is 3. The fraction of sp³-hybridized carbons (Fsp3) is 0.125. The summed E-state index contributed by atoms with van der Waals surface area (Å²) in [5.41, 5.74) is 10.4. The average Bonchev–Trinajstić information content (AvgIpc) is 3.99. The molecule has 0 bridgehead atoms. The summed E-state index contributed by atoms with van der Waals surface area (Å²) in [4.78, 5) is 16.1. The Balaban J connectivity index is 0.000000148. The molecule has 0 aliphatic carbocycles. The minimum atomic E-state index is -0.248. The van der Waals surface area contributed by atoms with E-state index in [9.17, 15) is 18.3 Å². The van der Waals surface area contributed by atoms with Crippen molar-refractivity contribution in [3.05, 3.63) is 180 Å². The zero-order valence-electron chi connectivity index (χ0n) is 33.4. The average molecular weight is 862 g/mol. The molecule has 0 fully saturated rings. The molecule has 0 saturated carbocycles. The maximum atomic E-state index is 13.2. The van der Waals surface area contributed by atoms with Gasteiger partial charge in [0.2, 0.25) is 0 Å². The molecule has 0 unspecified atom stereocenters. The van der Waals surface area contributed by atoms with Crippen molar-refractivity contribution in [2.45, 2.75) is 55.9 Å². The third-order valence-electron chi connectivity index (χ3n) is 9.31. The van der Waals surface area contributed by atoms with Crippen LogP contribution in [0.4, 0.5) is 13.2 Å². The maximum absolute atomic E-state index is 13.2. The fourth-order valence-electron chi connectivity index (χ4n) is 6.39. The van der Waals surface area contributed by atoms with E-state index in [0.717, 1.165) is 70.8 Å². The maximum Gasteiger partial charge on any atom is 0.125 e. The second kappa shape index (κ2) is 21.8. The molecule has 0 saturated heterocycles. The molecule has 308 valence electrons. The van der Waals surface area contributed by atoms with Crippen LogP contribution in [-0.2, 0) is 19.6 Å². The van der Waals surface area contributed by atoms with Crippen LogP contribution < -0.4 is 11.1 Å². The smallest absolute Gasteiger partial charge is 0.125 e. The summed E-state index contributed by atoms with van der Waals surface area (Å²) in [7, 11) is 3.44. The van der Waals surface area contributed by atoms with Crippen LogP contribution in [0.1, 0.15) is 23.6 Å². The van der Waals surface area contributed by atoms with Crippen molar-refractivity contribution in [3.8, 4) is 0 Å². The number of hydrogen-bond acceptors (Lipinski definition) is 6. The van der Waals surface area contributed by atoms with Crippen molar-refractivity contribution < 1.29 is 18.3 Å². The Labute approximate surface area is 360 Å². The van der Waals surface area contributed by atoms with Gasteiger partial charge in [0.15, 0.2) is 0 Å². The van der Waals surface area contributed by atoms with E-state index in [1.807, 2.05) is 74.2 Å². The number of benzene rings is 6. The predicted octanol–water partition coefficient (Wildman–Crippen LogP) is 12.7. The van der Waals surface area contributed by atoms with E-state index in [1.165, 1.54) is 64.4 Å². The van der Waals surface area contributed by atoms with Gasteiger partial charge in [-0.3, -0.25) is 0 Å². The van der Waals surface area contributed by atoms with Gasteiger partial charge in [-0.25, -0.2) is 13.2 Å². The number of aromatic nitrogens is 3. The third kappa shape index (κ3) is 11.1. The molecule has 3 aromatic heterocycles. The molecule has 9 rings (SSSR count). The molecule has 0 spiro atoms. The normalized spacial score (nSPS) is 10.8. The Morgan fingerprint density at radius 3 is 1.23 bits per heavy atom. The first-order valence-corrected chi connectivity index (χ1v) is 21.7. The summed E-state index contributed by atoms with van der Waals surface area (Å²) < 4.78 is 39.5. The highest BCUT2D eigenvalue weighted by atomic mass is 32.2. The van der Waals surface area contributed by atoms with Gasteiger partial charge < -0.3 is 31.1 Å². The van der Waals surface area contributed by atoms with Gasteiger partial charge in [-0.05, 0) is 110 Å². The van der Waals surface area contributed by atoms with E-state index in [1.54, 1.807) is 41.4 Å².